The fourth-order valence-corrected chi connectivity index (χ4v) is 4.44. The number of nitrogens with zero attached hydrogens (tertiary/aromatic N) is 7. The van der Waals surface area contributed by atoms with Crippen molar-refractivity contribution in [1.82, 2.24) is 24.5 Å². The molecule has 1 amide bonds. The number of fused-ring (bicyclic) bond motifs is 1. The van der Waals surface area contributed by atoms with Gasteiger partial charge in [0.25, 0.3) is 5.91 Å². The van der Waals surface area contributed by atoms with E-state index in [0.717, 1.165) is 49.2 Å². The summed E-state index contributed by atoms with van der Waals surface area (Å²) in [4.78, 5) is 24.1. The van der Waals surface area contributed by atoms with Gasteiger partial charge in [0.15, 0.2) is 11.6 Å². The van der Waals surface area contributed by atoms with Crippen LogP contribution in [0, 0.1) is 6.92 Å². The van der Waals surface area contributed by atoms with Crippen LogP contribution < -0.4 is 9.80 Å². The number of aromatic nitrogens is 4. The Morgan fingerprint density at radius 3 is 2.17 bits per heavy atom. The number of hydrogen-bond donors (Lipinski definition) is 0. The van der Waals surface area contributed by atoms with E-state index in [1.165, 1.54) is 19.3 Å². The summed E-state index contributed by atoms with van der Waals surface area (Å²) in [7, 11) is 0. The van der Waals surface area contributed by atoms with E-state index in [4.69, 9.17) is 0 Å². The third kappa shape index (κ3) is 3.46. The summed E-state index contributed by atoms with van der Waals surface area (Å²) in [6.07, 6.45) is 5.66. The van der Waals surface area contributed by atoms with Crippen molar-refractivity contribution in [1.29, 1.82) is 0 Å². The Morgan fingerprint density at radius 2 is 1.50 bits per heavy atom. The maximum absolute atomic E-state index is 13.2. The number of carbonyl (C=O) groups is 1. The fraction of sp³-hybridized carbons (Fsp3) is 0.455. The molecule has 3 aromatic rings. The van der Waals surface area contributed by atoms with Gasteiger partial charge in [-0.25, -0.2) is 4.98 Å². The smallest absolute Gasteiger partial charge is 0.272 e. The van der Waals surface area contributed by atoms with Crippen molar-refractivity contribution in [3.05, 3.63) is 47.9 Å². The van der Waals surface area contributed by atoms with Crippen LogP contribution in [0.5, 0.6) is 0 Å². The van der Waals surface area contributed by atoms with E-state index >= 15 is 0 Å². The summed E-state index contributed by atoms with van der Waals surface area (Å²) in [5.74, 6) is 1.89. The first kappa shape index (κ1) is 18.8. The Kier molecular flexibility index (Phi) is 4.98. The lowest BCUT2D eigenvalue weighted by atomic mass is 10.1. The first-order valence-electron chi connectivity index (χ1n) is 10.8. The molecule has 0 bridgehead atoms. The highest BCUT2D eigenvalue weighted by molar-refractivity contribution is 5.94. The summed E-state index contributed by atoms with van der Waals surface area (Å²) >= 11 is 0. The fourth-order valence-electron chi connectivity index (χ4n) is 4.44. The minimum Gasteiger partial charge on any atom is -0.355 e. The molecule has 0 radical (unpaired) electrons. The minimum absolute atomic E-state index is 0.0392. The van der Waals surface area contributed by atoms with Gasteiger partial charge in [0.05, 0.1) is 5.69 Å². The van der Waals surface area contributed by atoms with Crippen LogP contribution in [-0.4, -0.2) is 69.7 Å². The Labute approximate surface area is 176 Å². The number of aryl methyl sites for hydroxylation is 1. The topological polar surface area (TPSA) is 69.9 Å². The summed E-state index contributed by atoms with van der Waals surface area (Å²) < 4.78 is 1.88. The van der Waals surface area contributed by atoms with Crippen LogP contribution in [-0.2, 0) is 0 Å². The number of imidazole rings is 1. The highest BCUT2D eigenvalue weighted by Gasteiger charge is 2.27. The van der Waals surface area contributed by atoms with Gasteiger partial charge in [-0.1, -0.05) is 6.07 Å². The highest BCUT2D eigenvalue weighted by atomic mass is 16.2. The first-order chi connectivity index (χ1) is 14.7. The minimum atomic E-state index is 0.0392. The molecule has 3 aromatic heterocycles. The van der Waals surface area contributed by atoms with E-state index in [9.17, 15) is 4.79 Å². The molecule has 2 aliphatic heterocycles. The largest absolute Gasteiger partial charge is 0.355 e. The zero-order valence-corrected chi connectivity index (χ0v) is 17.4. The summed E-state index contributed by atoms with van der Waals surface area (Å²) in [5, 5.41) is 8.93. The van der Waals surface area contributed by atoms with Gasteiger partial charge in [-0.05, 0) is 50.5 Å². The average Bonchev–Trinajstić information content (AvgIpc) is 3.15. The Bertz CT molecular complexity index is 1030. The molecule has 0 aromatic carbocycles. The zero-order valence-electron chi connectivity index (χ0n) is 17.4. The van der Waals surface area contributed by atoms with Crippen molar-refractivity contribution in [2.24, 2.45) is 0 Å². The van der Waals surface area contributed by atoms with Crippen LogP contribution in [0.1, 0.15) is 35.4 Å². The van der Waals surface area contributed by atoms with Gasteiger partial charge in [0.2, 0.25) is 0 Å². The lowest BCUT2D eigenvalue weighted by Gasteiger charge is -2.35. The number of anilines is 2. The van der Waals surface area contributed by atoms with Crippen LogP contribution in [0.3, 0.4) is 0 Å². The van der Waals surface area contributed by atoms with Crippen LogP contribution >= 0.6 is 0 Å². The molecule has 0 atom stereocenters. The van der Waals surface area contributed by atoms with E-state index < -0.39 is 0 Å². The standard InChI is InChI=1S/C22H27N7O/c1-17-21(29-12-6-3-7-18(29)23-17)22(30)28-15-13-27(14-16-28)20-9-8-19(24-25-20)26-10-4-2-5-11-26/h3,6-9,12H,2,4-5,10-11,13-16H2,1H3. The number of amides is 1. The second-order valence-electron chi connectivity index (χ2n) is 8.05. The van der Waals surface area contributed by atoms with Gasteiger partial charge in [0.1, 0.15) is 11.3 Å². The molecule has 0 unspecified atom stereocenters. The number of pyridine rings is 1. The van der Waals surface area contributed by atoms with Crippen molar-refractivity contribution >= 4 is 23.2 Å². The van der Waals surface area contributed by atoms with Gasteiger partial charge in [-0.2, -0.15) is 0 Å². The van der Waals surface area contributed by atoms with Crippen LogP contribution in [0.4, 0.5) is 11.6 Å². The molecule has 2 aliphatic rings. The third-order valence-electron chi connectivity index (χ3n) is 6.11. The molecule has 0 saturated carbocycles. The number of piperidine rings is 1. The first-order valence-corrected chi connectivity index (χ1v) is 10.8. The van der Waals surface area contributed by atoms with E-state index in [1.54, 1.807) is 0 Å². The molecule has 8 nitrogen and oxygen atoms in total. The molecule has 0 N–H and O–H groups in total. The maximum Gasteiger partial charge on any atom is 0.272 e. The van der Waals surface area contributed by atoms with E-state index in [1.807, 2.05) is 40.6 Å². The van der Waals surface area contributed by atoms with Crippen LogP contribution in [0.2, 0.25) is 0 Å². The molecule has 2 saturated heterocycles. The van der Waals surface area contributed by atoms with Crippen molar-refractivity contribution in [2.75, 3.05) is 49.1 Å². The third-order valence-corrected chi connectivity index (χ3v) is 6.11. The Balaban J connectivity index is 1.25. The zero-order chi connectivity index (χ0) is 20.5. The van der Waals surface area contributed by atoms with Gasteiger partial charge in [-0.3, -0.25) is 9.20 Å². The molecular weight excluding hydrogens is 378 g/mol. The molecule has 0 aliphatic carbocycles. The van der Waals surface area contributed by atoms with Gasteiger partial charge < -0.3 is 14.7 Å². The average molecular weight is 406 g/mol. The van der Waals surface area contributed by atoms with Crippen molar-refractivity contribution in [2.45, 2.75) is 26.2 Å². The maximum atomic E-state index is 13.2. The second-order valence-corrected chi connectivity index (χ2v) is 8.05. The number of piperazine rings is 1. The van der Waals surface area contributed by atoms with Crippen LogP contribution in [0.15, 0.2) is 36.5 Å². The molecule has 30 heavy (non-hydrogen) atoms. The van der Waals surface area contributed by atoms with E-state index in [0.29, 0.717) is 18.8 Å². The summed E-state index contributed by atoms with van der Waals surface area (Å²) in [6, 6.07) is 9.92. The Morgan fingerprint density at radius 1 is 0.833 bits per heavy atom. The molecule has 5 rings (SSSR count). The monoisotopic (exact) mass is 405 g/mol. The van der Waals surface area contributed by atoms with Crippen LogP contribution in [0.25, 0.3) is 5.65 Å². The number of carbonyl (C=O) groups excluding carboxylic acids is 1. The normalized spacial score (nSPS) is 17.6. The second kappa shape index (κ2) is 7.93. The van der Waals surface area contributed by atoms with E-state index in [-0.39, 0.29) is 5.91 Å². The molecule has 2 fully saturated rings. The lowest BCUT2D eigenvalue weighted by Crippen LogP contribution is -2.49. The van der Waals surface area contributed by atoms with Gasteiger partial charge in [0, 0.05) is 45.5 Å². The lowest BCUT2D eigenvalue weighted by molar-refractivity contribution is 0.0738. The summed E-state index contributed by atoms with van der Waals surface area (Å²) in [5.41, 5.74) is 2.23. The molecule has 0 spiro atoms. The van der Waals surface area contributed by atoms with E-state index in [2.05, 4.69) is 37.1 Å². The highest BCUT2D eigenvalue weighted by Crippen LogP contribution is 2.21. The van der Waals surface area contributed by atoms with Crippen molar-refractivity contribution in [3.63, 3.8) is 0 Å². The molecule has 156 valence electrons. The van der Waals surface area contributed by atoms with Crippen molar-refractivity contribution < 1.29 is 4.79 Å². The Hall–Kier alpha value is -3.16. The number of hydrogen-bond acceptors (Lipinski definition) is 6. The molecule has 8 heteroatoms. The van der Waals surface area contributed by atoms with Gasteiger partial charge >= 0.3 is 0 Å². The predicted molar refractivity (Wildman–Crippen MR) is 116 cm³/mol. The molecular formula is C22H27N7O. The van der Waals surface area contributed by atoms with Crippen molar-refractivity contribution in [3.8, 4) is 0 Å². The van der Waals surface area contributed by atoms with Gasteiger partial charge in [-0.15, -0.1) is 10.2 Å². The SMILES string of the molecule is Cc1nc2ccccn2c1C(=O)N1CCN(c2ccc(N3CCCCC3)nn2)CC1. The predicted octanol–water partition coefficient (Wildman–Crippen LogP) is 2.39. The summed E-state index contributed by atoms with van der Waals surface area (Å²) in [6.45, 7) is 6.85. The number of rotatable bonds is 3. The quantitative estimate of drug-likeness (QED) is 0.666. The molecule has 5 heterocycles.